The van der Waals surface area contributed by atoms with E-state index in [0.29, 0.717) is 0 Å². The Kier molecular flexibility index (Phi) is 2.11. The van der Waals surface area contributed by atoms with Crippen LogP contribution < -0.4 is 5.32 Å². The number of rotatable bonds is 2. The van der Waals surface area contributed by atoms with Crippen LogP contribution in [-0.2, 0) is 4.74 Å². The van der Waals surface area contributed by atoms with Gasteiger partial charge in [0.1, 0.15) is 6.10 Å². The van der Waals surface area contributed by atoms with Crippen molar-refractivity contribution < 1.29 is 14.6 Å². The lowest BCUT2D eigenvalue weighted by Crippen LogP contribution is -2.34. The molecular weight excluding hydrogens is 134 g/mol. The van der Waals surface area contributed by atoms with Crippen molar-refractivity contribution in [2.24, 2.45) is 0 Å². The fourth-order valence-electron chi connectivity index (χ4n) is 1.03. The summed E-state index contributed by atoms with van der Waals surface area (Å²) in [4.78, 5) is 10.5. The average molecular weight is 145 g/mol. The van der Waals surface area contributed by atoms with E-state index in [9.17, 15) is 4.79 Å². The summed E-state index contributed by atoms with van der Waals surface area (Å²) in [5.41, 5.74) is 0. The second kappa shape index (κ2) is 2.88. The van der Waals surface area contributed by atoms with E-state index in [1.165, 1.54) is 0 Å². The Bertz CT molecular complexity index is 123. The standard InChI is InChI=1S/C6H11NO3/c1-2-5-4(3-8)7-6(9)10-5/h4-5,8H,2-3H2,1H3,(H,7,9)/t4-,5+/m0/s1. The van der Waals surface area contributed by atoms with Crippen LogP contribution in [0.25, 0.3) is 0 Å². The summed E-state index contributed by atoms with van der Waals surface area (Å²) in [5.74, 6) is 0. The maximum Gasteiger partial charge on any atom is 0.407 e. The molecule has 1 rings (SSSR count). The second-order valence-electron chi connectivity index (χ2n) is 2.29. The average Bonchev–Trinajstić information content (AvgIpc) is 2.30. The predicted octanol–water partition coefficient (Wildman–Crippen LogP) is -0.134. The molecule has 0 aliphatic carbocycles. The molecule has 58 valence electrons. The third kappa shape index (κ3) is 1.21. The first-order valence-corrected chi connectivity index (χ1v) is 3.36. The maximum atomic E-state index is 10.5. The highest BCUT2D eigenvalue weighted by Gasteiger charge is 2.31. The van der Waals surface area contributed by atoms with Gasteiger partial charge in [0.05, 0.1) is 12.6 Å². The van der Waals surface area contributed by atoms with Crippen LogP contribution in [0.4, 0.5) is 4.79 Å². The van der Waals surface area contributed by atoms with Gasteiger partial charge in [-0.3, -0.25) is 0 Å². The number of aliphatic hydroxyl groups is 1. The summed E-state index contributed by atoms with van der Waals surface area (Å²) in [6, 6.07) is -0.211. The zero-order valence-corrected chi connectivity index (χ0v) is 5.83. The van der Waals surface area contributed by atoms with Crippen LogP contribution in [-0.4, -0.2) is 30.0 Å². The van der Waals surface area contributed by atoms with E-state index in [2.05, 4.69) is 5.32 Å². The quantitative estimate of drug-likeness (QED) is 0.568. The molecule has 0 saturated carbocycles. The minimum Gasteiger partial charge on any atom is -0.444 e. The number of cyclic esters (lactones) is 1. The largest absolute Gasteiger partial charge is 0.444 e. The molecule has 2 atom stereocenters. The lowest BCUT2D eigenvalue weighted by atomic mass is 10.1. The number of amides is 1. The Morgan fingerprint density at radius 1 is 1.80 bits per heavy atom. The van der Waals surface area contributed by atoms with E-state index in [4.69, 9.17) is 9.84 Å². The van der Waals surface area contributed by atoms with Gasteiger partial charge in [0.15, 0.2) is 0 Å². The number of carbonyl (C=O) groups is 1. The van der Waals surface area contributed by atoms with Crippen LogP contribution in [0.2, 0.25) is 0 Å². The third-order valence-electron chi connectivity index (χ3n) is 1.61. The van der Waals surface area contributed by atoms with Gasteiger partial charge in [0.2, 0.25) is 0 Å². The number of carbonyl (C=O) groups excluding carboxylic acids is 1. The number of hydrogen-bond donors (Lipinski definition) is 2. The summed E-state index contributed by atoms with van der Waals surface area (Å²) in [5, 5.41) is 11.2. The second-order valence-corrected chi connectivity index (χ2v) is 2.29. The Labute approximate surface area is 59.2 Å². The van der Waals surface area contributed by atoms with Crippen molar-refractivity contribution in [2.45, 2.75) is 25.5 Å². The van der Waals surface area contributed by atoms with Gasteiger partial charge in [-0.1, -0.05) is 6.92 Å². The monoisotopic (exact) mass is 145 g/mol. The van der Waals surface area contributed by atoms with Crippen LogP contribution in [0, 0.1) is 0 Å². The number of hydrogen-bond acceptors (Lipinski definition) is 3. The molecule has 10 heavy (non-hydrogen) atoms. The number of ether oxygens (including phenoxy) is 1. The molecular formula is C6H11NO3. The molecule has 4 heteroatoms. The van der Waals surface area contributed by atoms with E-state index >= 15 is 0 Å². The zero-order chi connectivity index (χ0) is 7.56. The molecule has 0 aromatic carbocycles. The van der Waals surface area contributed by atoms with Gasteiger partial charge >= 0.3 is 6.09 Å². The van der Waals surface area contributed by atoms with Crippen LogP contribution >= 0.6 is 0 Å². The minimum absolute atomic E-state index is 0.0513. The van der Waals surface area contributed by atoms with Gasteiger partial charge in [0.25, 0.3) is 0 Å². The highest BCUT2D eigenvalue weighted by molar-refractivity contribution is 5.70. The highest BCUT2D eigenvalue weighted by Crippen LogP contribution is 2.10. The summed E-state index contributed by atoms with van der Waals surface area (Å²) in [7, 11) is 0. The van der Waals surface area contributed by atoms with Crippen LogP contribution in [0.1, 0.15) is 13.3 Å². The Morgan fingerprint density at radius 3 is 2.90 bits per heavy atom. The molecule has 0 radical (unpaired) electrons. The van der Waals surface area contributed by atoms with Gasteiger partial charge in [-0.2, -0.15) is 0 Å². The fourth-order valence-corrected chi connectivity index (χ4v) is 1.03. The van der Waals surface area contributed by atoms with E-state index in [-0.39, 0.29) is 18.8 Å². The number of alkyl carbamates (subject to hydrolysis) is 1. The summed E-state index contributed by atoms with van der Waals surface area (Å²) < 4.78 is 4.80. The van der Waals surface area contributed by atoms with Crippen LogP contribution in [0.15, 0.2) is 0 Å². The normalized spacial score (nSPS) is 31.6. The highest BCUT2D eigenvalue weighted by atomic mass is 16.6. The third-order valence-corrected chi connectivity index (χ3v) is 1.61. The number of nitrogens with one attached hydrogen (secondary N) is 1. The molecule has 0 aromatic heterocycles. The Balaban J connectivity index is 2.48. The summed E-state index contributed by atoms with van der Waals surface area (Å²) in [6.07, 6.45) is 0.160. The van der Waals surface area contributed by atoms with E-state index in [0.717, 1.165) is 6.42 Å². The maximum absolute atomic E-state index is 10.5. The summed E-state index contributed by atoms with van der Waals surface area (Å²) >= 11 is 0. The van der Waals surface area contributed by atoms with Crippen molar-refractivity contribution >= 4 is 6.09 Å². The number of aliphatic hydroxyl groups excluding tert-OH is 1. The Hall–Kier alpha value is -0.770. The van der Waals surface area contributed by atoms with E-state index in [1.54, 1.807) is 0 Å². The van der Waals surface area contributed by atoms with Crippen molar-refractivity contribution in [3.8, 4) is 0 Å². The van der Waals surface area contributed by atoms with Crippen LogP contribution in [0.3, 0.4) is 0 Å². The Morgan fingerprint density at radius 2 is 2.50 bits per heavy atom. The van der Waals surface area contributed by atoms with E-state index in [1.807, 2.05) is 6.92 Å². The zero-order valence-electron chi connectivity index (χ0n) is 5.83. The lowest BCUT2D eigenvalue weighted by molar-refractivity contribution is 0.116. The molecule has 1 fully saturated rings. The molecule has 1 heterocycles. The predicted molar refractivity (Wildman–Crippen MR) is 34.6 cm³/mol. The topological polar surface area (TPSA) is 58.6 Å². The first-order chi connectivity index (χ1) is 4.77. The molecule has 1 aliphatic heterocycles. The molecule has 0 bridgehead atoms. The van der Waals surface area contributed by atoms with Crippen molar-refractivity contribution in [3.63, 3.8) is 0 Å². The van der Waals surface area contributed by atoms with Crippen molar-refractivity contribution in [3.05, 3.63) is 0 Å². The van der Waals surface area contributed by atoms with Crippen molar-refractivity contribution in [1.29, 1.82) is 0 Å². The van der Waals surface area contributed by atoms with Gasteiger partial charge < -0.3 is 15.2 Å². The lowest BCUT2D eigenvalue weighted by Gasteiger charge is -2.10. The molecule has 0 unspecified atom stereocenters. The minimum atomic E-state index is -0.425. The van der Waals surface area contributed by atoms with Gasteiger partial charge in [-0.05, 0) is 6.42 Å². The molecule has 0 aromatic rings. The summed E-state index contributed by atoms with van der Waals surface area (Å²) in [6.45, 7) is 1.86. The van der Waals surface area contributed by atoms with Crippen LogP contribution in [0.5, 0.6) is 0 Å². The molecule has 0 spiro atoms. The van der Waals surface area contributed by atoms with Crippen molar-refractivity contribution in [1.82, 2.24) is 5.32 Å². The van der Waals surface area contributed by atoms with E-state index < -0.39 is 6.09 Å². The smallest absolute Gasteiger partial charge is 0.407 e. The van der Waals surface area contributed by atoms with Gasteiger partial charge in [0, 0.05) is 0 Å². The van der Waals surface area contributed by atoms with Crippen molar-refractivity contribution in [2.75, 3.05) is 6.61 Å². The SMILES string of the molecule is CC[C@H]1OC(=O)N[C@H]1CO. The molecule has 4 nitrogen and oxygen atoms in total. The molecule has 1 saturated heterocycles. The first kappa shape index (κ1) is 7.34. The molecule has 1 aliphatic rings. The van der Waals surface area contributed by atoms with Gasteiger partial charge in [-0.15, -0.1) is 0 Å². The first-order valence-electron chi connectivity index (χ1n) is 3.36. The van der Waals surface area contributed by atoms with Gasteiger partial charge in [-0.25, -0.2) is 4.79 Å². The molecule has 1 amide bonds. The molecule has 2 N–H and O–H groups in total. The fraction of sp³-hybridized carbons (Fsp3) is 0.833.